The molecule has 3 aliphatic carbocycles. The Morgan fingerprint density at radius 2 is 1.24 bits per heavy atom. The van der Waals surface area contributed by atoms with Gasteiger partial charge in [-0.05, 0) is 59.4 Å². The SMILES string of the molecule is O=C(CCCCCN1C(=O)[C@@H]2[C@@H](C1=O)C1(Cl)c3ccccc3C2(Cl)c2ccccc21)Nc1ccc(Br)cc1. The average molecular weight is 612 g/mol. The van der Waals surface area contributed by atoms with Gasteiger partial charge in [0.2, 0.25) is 17.7 Å². The Labute approximate surface area is 239 Å². The van der Waals surface area contributed by atoms with Crippen LogP contribution in [0.15, 0.2) is 77.3 Å². The van der Waals surface area contributed by atoms with Gasteiger partial charge >= 0.3 is 0 Å². The molecule has 1 fully saturated rings. The molecular weight excluding hydrogens is 587 g/mol. The molecule has 5 nitrogen and oxygen atoms in total. The lowest BCUT2D eigenvalue weighted by atomic mass is 9.54. The first kappa shape index (κ1) is 25.6. The van der Waals surface area contributed by atoms with Crippen molar-refractivity contribution in [1.29, 1.82) is 0 Å². The van der Waals surface area contributed by atoms with Gasteiger partial charge in [0.25, 0.3) is 0 Å². The molecule has 0 spiro atoms. The van der Waals surface area contributed by atoms with E-state index in [2.05, 4.69) is 21.2 Å². The zero-order chi connectivity index (χ0) is 26.7. The van der Waals surface area contributed by atoms with Crippen molar-refractivity contribution in [2.24, 2.45) is 11.8 Å². The number of carbonyl (C=O) groups is 3. The van der Waals surface area contributed by atoms with E-state index in [0.717, 1.165) is 32.4 Å². The fourth-order valence-corrected chi connectivity index (χ4v) is 7.80. The Morgan fingerprint density at radius 3 is 1.71 bits per heavy atom. The molecule has 1 heterocycles. The van der Waals surface area contributed by atoms with E-state index in [9.17, 15) is 14.4 Å². The van der Waals surface area contributed by atoms with Crippen LogP contribution in [0.25, 0.3) is 0 Å². The lowest BCUT2D eigenvalue weighted by Gasteiger charge is -2.54. The summed E-state index contributed by atoms with van der Waals surface area (Å²) in [5, 5.41) is 2.88. The first-order valence-corrected chi connectivity index (χ1v) is 14.3. The fourth-order valence-electron chi connectivity index (χ4n) is 6.43. The van der Waals surface area contributed by atoms with E-state index >= 15 is 0 Å². The Balaban J connectivity index is 1.16. The Hall–Kier alpha value is -2.67. The van der Waals surface area contributed by atoms with Crippen LogP contribution in [0.3, 0.4) is 0 Å². The predicted molar refractivity (Wildman–Crippen MR) is 151 cm³/mol. The van der Waals surface area contributed by atoms with Gasteiger partial charge < -0.3 is 5.32 Å². The molecule has 194 valence electrons. The molecule has 1 saturated heterocycles. The second-order valence-corrected chi connectivity index (χ2v) is 12.3. The minimum Gasteiger partial charge on any atom is -0.326 e. The lowest BCUT2D eigenvalue weighted by Crippen LogP contribution is -2.57. The maximum Gasteiger partial charge on any atom is 0.235 e. The summed E-state index contributed by atoms with van der Waals surface area (Å²) in [5.41, 5.74) is 3.95. The summed E-state index contributed by atoms with van der Waals surface area (Å²) in [7, 11) is 0. The smallest absolute Gasteiger partial charge is 0.235 e. The van der Waals surface area contributed by atoms with Crippen LogP contribution in [0.4, 0.5) is 5.69 Å². The van der Waals surface area contributed by atoms with E-state index < -0.39 is 21.6 Å². The van der Waals surface area contributed by atoms with Gasteiger partial charge in [-0.2, -0.15) is 0 Å². The summed E-state index contributed by atoms with van der Waals surface area (Å²) in [6, 6.07) is 22.7. The normalized spacial score (nSPS) is 26.7. The predicted octanol–water partition coefficient (Wildman–Crippen LogP) is 6.54. The topological polar surface area (TPSA) is 66.5 Å². The van der Waals surface area contributed by atoms with Crippen LogP contribution in [0.5, 0.6) is 0 Å². The third-order valence-electron chi connectivity index (χ3n) is 8.09. The molecule has 0 aromatic heterocycles. The van der Waals surface area contributed by atoms with Crippen molar-refractivity contribution < 1.29 is 14.4 Å². The Bertz CT molecular complexity index is 1340. The molecule has 3 aromatic rings. The molecule has 1 aliphatic heterocycles. The first-order chi connectivity index (χ1) is 18.3. The minimum absolute atomic E-state index is 0.0630. The number of unbranched alkanes of at least 4 members (excludes halogenated alkanes) is 2. The summed E-state index contributed by atoms with van der Waals surface area (Å²) >= 11 is 18.2. The Kier molecular flexibility index (Phi) is 6.41. The summed E-state index contributed by atoms with van der Waals surface area (Å²) in [6.07, 6.45) is 2.33. The summed E-state index contributed by atoms with van der Waals surface area (Å²) in [5.74, 6) is -2.13. The van der Waals surface area contributed by atoms with Crippen molar-refractivity contribution in [2.45, 2.75) is 35.4 Å². The van der Waals surface area contributed by atoms with Crippen LogP contribution in [-0.2, 0) is 24.1 Å². The van der Waals surface area contributed by atoms with Crippen molar-refractivity contribution in [3.8, 4) is 0 Å². The number of hydrogen-bond acceptors (Lipinski definition) is 3. The summed E-state index contributed by atoms with van der Waals surface area (Å²) in [4.78, 5) is 38.9. The van der Waals surface area contributed by atoms with Crippen LogP contribution in [0, 0.1) is 11.8 Å². The van der Waals surface area contributed by atoms with Crippen LogP contribution in [-0.4, -0.2) is 29.2 Å². The highest BCUT2D eigenvalue weighted by atomic mass is 79.9. The molecule has 3 aromatic carbocycles. The van der Waals surface area contributed by atoms with E-state index in [0.29, 0.717) is 25.7 Å². The maximum atomic E-state index is 13.8. The van der Waals surface area contributed by atoms with Crippen LogP contribution >= 0.6 is 39.1 Å². The molecule has 1 N–H and O–H groups in total. The van der Waals surface area contributed by atoms with Gasteiger partial charge in [-0.25, -0.2) is 0 Å². The number of nitrogens with one attached hydrogen (secondary N) is 1. The fraction of sp³-hybridized carbons (Fsp3) is 0.300. The zero-order valence-electron chi connectivity index (χ0n) is 20.4. The second kappa shape index (κ2) is 9.51. The highest BCUT2D eigenvalue weighted by Gasteiger charge is 2.72. The standard InChI is InChI=1S/C30H25BrCl2N2O3/c31-18-13-15-19(16-14-18)34-24(36)12-2-1-7-17-35-27(37)25-26(28(35)38)30(33)21-9-4-3-8-20(21)29(25,32)22-10-5-6-11-23(22)30/h3-6,8-11,13-16,25-26H,1-2,7,12,17H2,(H,34,36)/t25-,26-,29?,30?/m0/s1. The third kappa shape index (κ3) is 3.68. The number of hydrogen-bond donors (Lipinski definition) is 1. The molecule has 4 aliphatic rings. The number of carbonyl (C=O) groups excluding carboxylic acids is 3. The van der Waals surface area contributed by atoms with E-state index in [1.54, 1.807) is 0 Å². The maximum absolute atomic E-state index is 13.8. The van der Waals surface area contributed by atoms with Crippen molar-refractivity contribution in [2.75, 3.05) is 11.9 Å². The van der Waals surface area contributed by atoms with Crippen LogP contribution in [0.2, 0.25) is 0 Å². The van der Waals surface area contributed by atoms with Crippen molar-refractivity contribution in [3.63, 3.8) is 0 Å². The monoisotopic (exact) mass is 610 g/mol. The number of nitrogens with zero attached hydrogens (tertiary/aromatic N) is 1. The molecular formula is C30H25BrCl2N2O3. The number of likely N-dealkylation sites (tertiary alicyclic amines) is 1. The Morgan fingerprint density at radius 1 is 0.763 bits per heavy atom. The third-order valence-corrected chi connectivity index (χ3v) is 9.90. The molecule has 3 amide bonds. The lowest BCUT2D eigenvalue weighted by molar-refractivity contribution is -0.140. The van der Waals surface area contributed by atoms with E-state index in [-0.39, 0.29) is 24.3 Å². The molecule has 2 bridgehead atoms. The van der Waals surface area contributed by atoms with E-state index in [4.69, 9.17) is 23.2 Å². The van der Waals surface area contributed by atoms with Gasteiger partial charge in [-0.3, -0.25) is 19.3 Å². The zero-order valence-corrected chi connectivity index (χ0v) is 23.5. The number of halogens is 3. The number of rotatable bonds is 7. The largest absolute Gasteiger partial charge is 0.326 e. The highest BCUT2D eigenvalue weighted by molar-refractivity contribution is 9.10. The van der Waals surface area contributed by atoms with Crippen LogP contribution < -0.4 is 5.32 Å². The van der Waals surface area contributed by atoms with Gasteiger partial charge in [0.1, 0.15) is 9.75 Å². The first-order valence-electron chi connectivity index (χ1n) is 12.8. The van der Waals surface area contributed by atoms with Gasteiger partial charge in [0.05, 0.1) is 11.8 Å². The molecule has 2 atom stereocenters. The minimum atomic E-state index is -1.15. The second-order valence-electron chi connectivity index (χ2n) is 10.2. The van der Waals surface area contributed by atoms with Crippen molar-refractivity contribution >= 4 is 62.5 Å². The number of anilines is 1. The van der Waals surface area contributed by atoms with E-state index in [1.165, 1.54) is 4.90 Å². The summed E-state index contributed by atoms with van der Waals surface area (Å²) in [6.45, 7) is 0.283. The van der Waals surface area contributed by atoms with Crippen molar-refractivity contribution in [1.82, 2.24) is 4.90 Å². The number of alkyl halides is 2. The average Bonchev–Trinajstić information content (AvgIpc) is 3.19. The van der Waals surface area contributed by atoms with Crippen molar-refractivity contribution in [3.05, 3.63) is 99.5 Å². The highest BCUT2D eigenvalue weighted by Crippen LogP contribution is 2.69. The van der Waals surface area contributed by atoms with Gasteiger partial charge in [0.15, 0.2) is 0 Å². The number of imide groups is 1. The van der Waals surface area contributed by atoms with E-state index in [1.807, 2.05) is 72.8 Å². The quantitative estimate of drug-likeness (QED) is 0.187. The summed E-state index contributed by atoms with van der Waals surface area (Å²) < 4.78 is 0.947. The number of amides is 3. The molecule has 7 rings (SSSR count). The number of benzene rings is 3. The molecule has 0 unspecified atom stereocenters. The molecule has 0 saturated carbocycles. The van der Waals surface area contributed by atoms with Gasteiger partial charge in [-0.1, -0.05) is 70.9 Å². The van der Waals surface area contributed by atoms with Gasteiger partial charge in [0, 0.05) is 23.1 Å². The molecule has 38 heavy (non-hydrogen) atoms. The van der Waals surface area contributed by atoms with Gasteiger partial charge in [-0.15, -0.1) is 23.2 Å². The molecule has 0 radical (unpaired) electrons. The van der Waals surface area contributed by atoms with Crippen LogP contribution in [0.1, 0.15) is 47.9 Å². The molecule has 8 heteroatoms.